The SMILES string of the molecule is CC(N)(C(=O)NC(CO)CO)C1CC1. The Bertz CT molecular complexity index is 210. The number of nitrogens with two attached hydrogens (primary N) is 1. The van der Waals surface area contributed by atoms with Gasteiger partial charge in [-0.05, 0) is 25.7 Å². The lowest BCUT2D eigenvalue weighted by molar-refractivity contribution is -0.127. The average Bonchev–Trinajstić information content (AvgIpc) is 2.96. The van der Waals surface area contributed by atoms with Crippen molar-refractivity contribution in [2.75, 3.05) is 13.2 Å². The Morgan fingerprint density at radius 3 is 2.43 bits per heavy atom. The maximum absolute atomic E-state index is 11.6. The monoisotopic (exact) mass is 202 g/mol. The van der Waals surface area contributed by atoms with Crippen LogP contribution < -0.4 is 11.1 Å². The fourth-order valence-electron chi connectivity index (χ4n) is 1.36. The largest absolute Gasteiger partial charge is 0.394 e. The van der Waals surface area contributed by atoms with Crippen LogP contribution in [-0.2, 0) is 4.79 Å². The van der Waals surface area contributed by atoms with Gasteiger partial charge in [-0.1, -0.05) is 0 Å². The number of hydrogen-bond donors (Lipinski definition) is 4. The molecule has 5 nitrogen and oxygen atoms in total. The first kappa shape index (κ1) is 11.4. The van der Waals surface area contributed by atoms with Crippen LogP contribution in [0, 0.1) is 5.92 Å². The summed E-state index contributed by atoms with van der Waals surface area (Å²) in [5, 5.41) is 20.1. The van der Waals surface area contributed by atoms with Crippen LogP contribution in [0.1, 0.15) is 19.8 Å². The van der Waals surface area contributed by atoms with Crippen molar-refractivity contribution >= 4 is 5.91 Å². The molecule has 0 aliphatic heterocycles. The normalized spacial score (nSPS) is 20.6. The zero-order valence-electron chi connectivity index (χ0n) is 8.36. The van der Waals surface area contributed by atoms with Crippen molar-refractivity contribution in [3.05, 3.63) is 0 Å². The van der Waals surface area contributed by atoms with Crippen LogP contribution in [0.2, 0.25) is 0 Å². The summed E-state index contributed by atoms with van der Waals surface area (Å²) in [5.41, 5.74) is 4.98. The van der Waals surface area contributed by atoms with Gasteiger partial charge in [-0.25, -0.2) is 0 Å². The molecule has 0 radical (unpaired) electrons. The third-order valence-electron chi connectivity index (χ3n) is 2.69. The van der Waals surface area contributed by atoms with Gasteiger partial charge < -0.3 is 21.3 Å². The van der Waals surface area contributed by atoms with Gasteiger partial charge in [-0.15, -0.1) is 0 Å². The number of carbonyl (C=O) groups is 1. The van der Waals surface area contributed by atoms with Crippen molar-refractivity contribution in [3.8, 4) is 0 Å². The second kappa shape index (κ2) is 4.25. The first-order valence-electron chi connectivity index (χ1n) is 4.84. The summed E-state index contributed by atoms with van der Waals surface area (Å²) in [4.78, 5) is 11.6. The van der Waals surface area contributed by atoms with Crippen LogP contribution >= 0.6 is 0 Å². The number of amides is 1. The number of carbonyl (C=O) groups excluding carboxylic acids is 1. The minimum atomic E-state index is -0.872. The van der Waals surface area contributed by atoms with Crippen LogP contribution in [0.3, 0.4) is 0 Å². The first-order valence-corrected chi connectivity index (χ1v) is 4.84. The first-order chi connectivity index (χ1) is 6.52. The second-order valence-corrected chi connectivity index (χ2v) is 4.09. The summed E-state index contributed by atoms with van der Waals surface area (Å²) in [6.45, 7) is 1.14. The summed E-state index contributed by atoms with van der Waals surface area (Å²) < 4.78 is 0. The summed E-state index contributed by atoms with van der Waals surface area (Å²) >= 11 is 0. The zero-order valence-corrected chi connectivity index (χ0v) is 8.36. The number of hydrogen-bond acceptors (Lipinski definition) is 4. The van der Waals surface area contributed by atoms with Crippen LogP contribution in [0.4, 0.5) is 0 Å². The highest BCUT2D eigenvalue weighted by Crippen LogP contribution is 2.38. The summed E-state index contributed by atoms with van der Waals surface area (Å²) in [6, 6.07) is -0.607. The van der Waals surface area contributed by atoms with E-state index in [4.69, 9.17) is 15.9 Å². The highest BCUT2D eigenvalue weighted by Gasteiger charge is 2.44. The maximum atomic E-state index is 11.6. The van der Waals surface area contributed by atoms with E-state index in [-0.39, 0.29) is 25.0 Å². The standard InChI is InChI=1S/C9H18N2O3/c1-9(10,6-2-3-6)8(14)11-7(4-12)5-13/h6-7,12-13H,2-5,10H2,1H3,(H,11,14). The number of aliphatic hydroxyl groups excluding tert-OH is 2. The molecule has 0 heterocycles. The molecule has 0 saturated heterocycles. The Hall–Kier alpha value is -0.650. The lowest BCUT2D eigenvalue weighted by Crippen LogP contribution is -2.57. The van der Waals surface area contributed by atoms with Gasteiger partial charge in [0, 0.05) is 0 Å². The topological polar surface area (TPSA) is 95.6 Å². The van der Waals surface area contributed by atoms with E-state index in [9.17, 15) is 4.79 Å². The molecule has 0 aromatic heterocycles. The van der Waals surface area contributed by atoms with E-state index in [0.717, 1.165) is 12.8 Å². The molecule has 1 amide bonds. The van der Waals surface area contributed by atoms with Crippen molar-refractivity contribution < 1.29 is 15.0 Å². The molecule has 1 aliphatic rings. The second-order valence-electron chi connectivity index (χ2n) is 4.09. The van der Waals surface area contributed by atoms with Crippen LogP contribution in [-0.4, -0.2) is 40.9 Å². The zero-order chi connectivity index (χ0) is 10.8. The lowest BCUT2D eigenvalue weighted by atomic mass is 9.96. The number of nitrogens with one attached hydrogen (secondary N) is 1. The number of aliphatic hydroxyl groups is 2. The highest BCUT2D eigenvalue weighted by molar-refractivity contribution is 5.86. The van der Waals surface area contributed by atoms with Gasteiger partial charge in [0.2, 0.25) is 5.91 Å². The number of rotatable bonds is 5. The van der Waals surface area contributed by atoms with Gasteiger partial charge in [0.15, 0.2) is 0 Å². The predicted octanol–water partition coefficient (Wildman–Crippen LogP) is -1.42. The molecule has 1 fully saturated rings. The summed E-state index contributed by atoms with van der Waals surface area (Å²) in [7, 11) is 0. The van der Waals surface area contributed by atoms with Gasteiger partial charge in [0.05, 0.1) is 24.8 Å². The van der Waals surface area contributed by atoms with Crippen LogP contribution in [0.25, 0.3) is 0 Å². The Labute approximate surface area is 83.3 Å². The maximum Gasteiger partial charge on any atom is 0.240 e. The molecule has 1 rings (SSSR count). The Kier molecular flexibility index (Phi) is 3.47. The molecule has 0 aromatic rings. The molecule has 5 heteroatoms. The molecule has 82 valence electrons. The fourth-order valence-corrected chi connectivity index (χ4v) is 1.36. The molecular formula is C9H18N2O3. The van der Waals surface area contributed by atoms with Crippen LogP contribution in [0.5, 0.6) is 0 Å². The van der Waals surface area contributed by atoms with Crippen molar-refractivity contribution in [2.24, 2.45) is 11.7 Å². The molecule has 1 unspecified atom stereocenters. The third-order valence-corrected chi connectivity index (χ3v) is 2.69. The molecule has 14 heavy (non-hydrogen) atoms. The average molecular weight is 202 g/mol. The van der Waals surface area contributed by atoms with Gasteiger partial charge in [-0.3, -0.25) is 4.79 Å². The minimum Gasteiger partial charge on any atom is -0.394 e. The van der Waals surface area contributed by atoms with E-state index >= 15 is 0 Å². The van der Waals surface area contributed by atoms with Gasteiger partial charge in [-0.2, -0.15) is 0 Å². The molecule has 1 saturated carbocycles. The van der Waals surface area contributed by atoms with E-state index in [1.54, 1.807) is 6.92 Å². The molecular weight excluding hydrogens is 184 g/mol. The van der Waals surface area contributed by atoms with E-state index < -0.39 is 11.6 Å². The van der Waals surface area contributed by atoms with Gasteiger partial charge in [0.25, 0.3) is 0 Å². The Morgan fingerprint density at radius 2 is 2.07 bits per heavy atom. The van der Waals surface area contributed by atoms with E-state index in [1.165, 1.54) is 0 Å². The van der Waals surface area contributed by atoms with Crippen LogP contribution in [0.15, 0.2) is 0 Å². The molecule has 0 bridgehead atoms. The smallest absolute Gasteiger partial charge is 0.240 e. The molecule has 5 N–H and O–H groups in total. The van der Waals surface area contributed by atoms with Crippen molar-refractivity contribution in [1.29, 1.82) is 0 Å². The van der Waals surface area contributed by atoms with Crippen molar-refractivity contribution in [2.45, 2.75) is 31.3 Å². The highest BCUT2D eigenvalue weighted by atomic mass is 16.3. The lowest BCUT2D eigenvalue weighted by Gasteiger charge is -2.25. The quantitative estimate of drug-likeness (QED) is 0.440. The summed E-state index contributed by atoms with van der Waals surface area (Å²) in [5.74, 6) is -0.0614. The third kappa shape index (κ3) is 2.43. The minimum absolute atomic E-state index is 0.237. The Morgan fingerprint density at radius 1 is 1.57 bits per heavy atom. The Balaban J connectivity index is 2.47. The van der Waals surface area contributed by atoms with E-state index in [2.05, 4.69) is 5.32 Å². The summed E-state index contributed by atoms with van der Waals surface area (Å²) in [6.07, 6.45) is 1.95. The van der Waals surface area contributed by atoms with E-state index in [1.807, 2.05) is 0 Å². The van der Waals surface area contributed by atoms with Gasteiger partial charge in [0.1, 0.15) is 0 Å². The molecule has 1 atom stereocenters. The van der Waals surface area contributed by atoms with Crippen molar-refractivity contribution in [1.82, 2.24) is 5.32 Å². The van der Waals surface area contributed by atoms with Crippen molar-refractivity contribution in [3.63, 3.8) is 0 Å². The van der Waals surface area contributed by atoms with E-state index in [0.29, 0.717) is 0 Å². The molecule has 0 spiro atoms. The van der Waals surface area contributed by atoms with Gasteiger partial charge >= 0.3 is 0 Å². The predicted molar refractivity (Wildman–Crippen MR) is 51.4 cm³/mol. The fraction of sp³-hybridized carbons (Fsp3) is 0.889. The molecule has 0 aromatic carbocycles. The molecule has 1 aliphatic carbocycles.